The van der Waals surface area contributed by atoms with Gasteiger partial charge in [0.25, 0.3) is 11.7 Å². The first-order valence-corrected chi connectivity index (χ1v) is 10.1. The van der Waals surface area contributed by atoms with E-state index in [2.05, 4.69) is 15.1 Å². The Kier molecular flexibility index (Phi) is 4.74. The van der Waals surface area contributed by atoms with E-state index in [9.17, 15) is 22.0 Å². The molecule has 0 radical (unpaired) electrons. The molecule has 1 aromatic carbocycles. The van der Waals surface area contributed by atoms with E-state index < -0.39 is 32.5 Å². The maximum Gasteiger partial charge on any atom is 0.293 e. The largest absolute Gasteiger partial charge is 0.333 e. The predicted octanol–water partition coefficient (Wildman–Crippen LogP) is 0.858. The Bertz CT molecular complexity index is 1210. The number of fused-ring (bicyclic) bond motifs is 1. The van der Waals surface area contributed by atoms with Crippen LogP contribution in [0.25, 0.3) is 5.78 Å². The van der Waals surface area contributed by atoms with Gasteiger partial charge in [0.05, 0.1) is 0 Å². The number of amides is 1. The van der Waals surface area contributed by atoms with Crippen LogP contribution in [0.1, 0.15) is 16.3 Å². The number of hydrogen-bond donors (Lipinski definition) is 0. The van der Waals surface area contributed by atoms with E-state index in [0.717, 1.165) is 22.1 Å². The fourth-order valence-corrected chi connectivity index (χ4v) is 4.56. The third kappa shape index (κ3) is 3.44. The third-order valence-electron chi connectivity index (χ3n) is 4.66. The summed E-state index contributed by atoms with van der Waals surface area (Å²) in [5, 5.41) is 4.16. The van der Waals surface area contributed by atoms with Crippen LogP contribution in [-0.2, 0) is 10.0 Å². The van der Waals surface area contributed by atoms with Gasteiger partial charge in [-0.2, -0.15) is 9.29 Å². The summed E-state index contributed by atoms with van der Waals surface area (Å²) in [6.45, 7) is 1.91. The first kappa shape index (κ1) is 19.3. The SMILES string of the molecule is Cc1ccnc2nc(C(=O)N3CCN(S(=O)(=O)c4ccc(F)cc4F)CC3)nn12. The molecule has 1 aliphatic rings. The molecule has 152 valence electrons. The summed E-state index contributed by atoms with van der Waals surface area (Å²) in [5.74, 6) is -2.20. The van der Waals surface area contributed by atoms with Crippen molar-refractivity contribution in [1.82, 2.24) is 28.8 Å². The number of carbonyl (C=O) groups excluding carboxylic acids is 1. The van der Waals surface area contributed by atoms with Gasteiger partial charge in [0.2, 0.25) is 15.8 Å². The minimum Gasteiger partial charge on any atom is -0.333 e. The number of halogens is 2. The highest BCUT2D eigenvalue weighted by atomic mass is 32.2. The Morgan fingerprint density at radius 1 is 1.10 bits per heavy atom. The fourth-order valence-electron chi connectivity index (χ4n) is 3.09. The molecule has 0 spiro atoms. The molecular formula is C17H16F2N6O3S. The standard InChI is InChI=1S/C17H16F2N6O3S/c1-11-4-5-20-17-21-15(22-25(11)17)16(26)23-6-8-24(9-7-23)29(27,28)14-3-2-12(18)10-13(14)19/h2-5,10H,6-9H2,1H3. The highest BCUT2D eigenvalue weighted by molar-refractivity contribution is 7.89. The maximum absolute atomic E-state index is 13.9. The molecule has 29 heavy (non-hydrogen) atoms. The maximum atomic E-state index is 13.9. The molecule has 0 atom stereocenters. The zero-order valence-electron chi connectivity index (χ0n) is 15.3. The van der Waals surface area contributed by atoms with Crippen LogP contribution in [0.4, 0.5) is 8.78 Å². The number of piperazine rings is 1. The molecular weight excluding hydrogens is 406 g/mol. The molecule has 0 N–H and O–H groups in total. The van der Waals surface area contributed by atoms with Crippen LogP contribution >= 0.6 is 0 Å². The van der Waals surface area contributed by atoms with E-state index in [0.29, 0.717) is 11.8 Å². The number of sulfonamides is 1. The normalized spacial score (nSPS) is 15.8. The summed E-state index contributed by atoms with van der Waals surface area (Å²) >= 11 is 0. The van der Waals surface area contributed by atoms with Gasteiger partial charge in [-0.25, -0.2) is 26.7 Å². The Hall–Kier alpha value is -2.99. The van der Waals surface area contributed by atoms with Crippen LogP contribution in [0.3, 0.4) is 0 Å². The zero-order chi connectivity index (χ0) is 20.8. The monoisotopic (exact) mass is 422 g/mol. The average Bonchev–Trinajstić information content (AvgIpc) is 3.13. The van der Waals surface area contributed by atoms with Gasteiger partial charge in [-0.3, -0.25) is 4.79 Å². The second-order valence-electron chi connectivity index (χ2n) is 6.50. The fraction of sp³-hybridized carbons (Fsp3) is 0.294. The van der Waals surface area contributed by atoms with Gasteiger partial charge in [0, 0.05) is 44.1 Å². The number of aromatic nitrogens is 4. The quantitative estimate of drug-likeness (QED) is 0.621. The molecule has 3 heterocycles. The lowest BCUT2D eigenvalue weighted by atomic mass is 10.3. The molecule has 9 nitrogen and oxygen atoms in total. The van der Waals surface area contributed by atoms with Crippen molar-refractivity contribution in [3.05, 3.63) is 53.6 Å². The van der Waals surface area contributed by atoms with Crippen molar-refractivity contribution >= 4 is 21.7 Å². The Morgan fingerprint density at radius 2 is 1.83 bits per heavy atom. The molecule has 1 amide bonds. The summed E-state index contributed by atoms with van der Waals surface area (Å²) in [5.41, 5.74) is 0.763. The molecule has 1 saturated heterocycles. The van der Waals surface area contributed by atoms with Gasteiger partial charge in [-0.1, -0.05) is 0 Å². The second kappa shape index (κ2) is 7.12. The first-order valence-electron chi connectivity index (χ1n) is 8.70. The smallest absolute Gasteiger partial charge is 0.293 e. The van der Waals surface area contributed by atoms with Crippen molar-refractivity contribution in [2.45, 2.75) is 11.8 Å². The van der Waals surface area contributed by atoms with Crippen molar-refractivity contribution in [1.29, 1.82) is 0 Å². The number of aryl methyl sites for hydroxylation is 1. The lowest BCUT2D eigenvalue weighted by Gasteiger charge is -2.33. The summed E-state index contributed by atoms with van der Waals surface area (Å²) in [6.07, 6.45) is 1.56. The Morgan fingerprint density at radius 3 is 2.48 bits per heavy atom. The molecule has 0 aliphatic carbocycles. The first-order chi connectivity index (χ1) is 13.8. The van der Waals surface area contributed by atoms with Crippen LogP contribution in [0.5, 0.6) is 0 Å². The van der Waals surface area contributed by atoms with Crippen molar-refractivity contribution < 1.29 is 22.0 Å². The number of hydrogen-bond acceptors (Lipinski definition) is 6. The lowest BCUT2D eigenvalue weighted by Crippen LogP contribution is -2.50. The molecule has 4 rings (SSSR count). The van der Waals surface area contributed by atoms with E-state index in [-0.39, 0.29) is 32.0 Å². The van der Waals surface area contributed by atoms with E-state index in [1.54, 1.807) is 19.2 Å². The Balaban J connectivity index is 1.49. The number of rotatable bonds is 3. The lowest BCUT2D eigenvalue weighted by molar-refractivity contribution is 0.0685. The minimum atomic E-state index is -4.14. The van der Waals surface area contributed by atoms with Gasteiger partial charge < -0.3 is 4.90 Å². The molecule has 12 heteroatoms. The second-order valence-corrected chi connectivity index (χ2v) is 8.41. The highest BCUT2D eigenvalue weighted by Gasteiger charge is 2.33. The van der Waals surface area contributed by atoms with E-state index in [1.807, 2.05) is 0 Å². The van der Waals surface area contributed by atoms with Crippen LogP contribution in [-0.4, -0.2) is 69.3 Å². The van der Waals surface area contributed by atoms with Crippen LogP contribution in [0, 0.1) is 18.6 Å². The van der Waals surface area contributed by atoms with Gasteiger partial charge >= 0.3 is 0 Å². The molecule has 0 unspecified atom stereocenters. The number of nitrogens with zero attached hydrogens (tertiary/aromatic N) is 6. The van der Waals surface area contributed by atoms with Gasteiger partial charge in [0.1, 0.15) is 16.5 Å². The van der Waals surface area contributed by atoms with E-state index in [1.165, 1.54) is 9.42 Å². The van der Waals surface area contributed by atoms with E-state index >= 15 is 0 Å². The summed E-state index contributed by atoms with van der Waals surface area (Å²) in [4.78, 5) is 21.7. The predicted molar refractivity (Wildman–Crippen MR) is 96.5 cm³/mol. The minimum absolute atomic E-state index is 0.0322. The molecule has 3 aromatic rings. The molecule has 2 aromatic heterocycles. The summed E-state index contributed by atoms with van der Waals surface area (Å²) < 4.78 is 54.8. The van der Waals surface area contributed by atoms with Crippen LogP contribution < -0.4 is 0 Å². The number of benzene rings is 1. The number of carbonyl (C=O) groups is 1. The van der Waals surface area contributed by atoms with Gasteiger partial charge in [0.15, 0.2) is 0 Å². The van der Waals surface area contributed by atoms with Crippen LogP contribution in [0.2, 0.25) is 0 Å². The summed E-state index contributed by atoms with van der Waals surface area (Å²) in [7, 11) is -4.14. The highest BCUT2D eigenvalue weighted by Crippen LogP contribution is 2.21. The Labute approximate surface area is 164 Å². The molecule has 1 fully saturated rings. The molecule has 0 bridgehead atoms. The third-order valence-corrected chi connectivity index (χ3v) is 6.59. The summed E-state index contributed by atoms with van der Waals surface area (Å²) in [6, 6.07) is 4.04. The van der Waals surface area contributed by atoms with Gasteiger partial charge in [-0.05, 0) is 25.1 Å². The van der Waals surface area contributed by atoms with Crippen molar-refractivity contribution in [2.75, 3.05) is 26.2 Å². The van der Waals surface area contributed by atoms with E-state index in [4.69, 9.17) is 0 Å². The molecule has 1 aliphatic heterocycles. The van der Waals surface area contributed by atoms with Crippen molar-refractivity contribution in [3.8, 4) is 0 Å². The van der Waals surface area contributed by atoms with Crippen molar-refractivity contribution in [3.63, 3.8) is 0 Å². The zero-order valence-corrected chi connectivity index (χ0v) is 16.1. The van der Waals surface area contributed by atoms with Crippen molar-refractivity contribution in [2.24, 2.45) is 0 Å². The average molecular weight is 422 g/mol. The topological polar surface area (TPSA) is 101 Å². The van der Waals surface area contributed by atoms with Gasteiger partial charge in [-0.15, -0.1) is 5.10 Å². The molecule has 0 saturated carbocycles. The van der Waals surface area contributed by atoms with Crippen LogP contribution in [0.15, 0.2) is 35.4 Å².